The van der Waals surface area contributed by atoms with Gasteiger partial charge in [-0.15, -0.1) is 0 Å². The Kier molecular flexibility index (Phi) is 8.32. The van der Waals surface area contributed by atoms with Gasteiger partial charge >= 0.3 is 17.9 Å². The van der Waals surface area contributed by atoms with E-state index in [1.165, 1.54) is 4.90 Å². The molecule has 0 aliphatic carbocycles. The molecule has 0 saturated carbocycles. The van der Waals surface area contributed by atoms with Crippen molar-refractivity contribution in [2.24, 2.45) is 0 Å². The van der Waals surface area contributed by atoms with Crippen molar-refractivity contribution >= 4 is 23.8 Å². The first-order valence-electron chi connectivity index (χ1n) is 11.0. The van der Waals surface area contributed by atoms with Crippen LogP contribution in [0.4, 0.5) is 0 Å². The van der Waals surface area contributed by atoms with Gasteiger partial charge in [0.2, 0.25) is 5.91 Å². The number of nitrogens with zero attached hydrogens (tertiary/aromatic N) is 1. The summed E-state index contributed by atoms with van der Waals surface area (Å²) in [5, 5.41) is 12.3. The van der Waals surface area contributed by atoms with Gasteiger partial charge in [-0.3, -0.25) is 10.1 Å². The van der Waals surface area contributed by atoms with Gasteiger partial charge in [0.15, 0.2) is 0 Å². The van der Waals surface area contributed by atoms with E-state index in [0.29, 0.717) is 32.2 Å². The number of aryl methyl sites for hydroxylation is 1. The van der Waals surface area contributed by atoms with E-state index in [2.05, 4.69) is 5.32 Å². The van der Waals surface area contributed by atoms with Gasteiger partial charge in [0.1, 0.15) is 12.1 Å². The van der Waals surface area contributed by atoms with Crippen LogP contribution in [-0.2, 0) is 25.5 Å². The average molecular weight is 453 g/mol. The first kappa shape index (κ1) is 24.1. The van der Waals surface area contributed by atoms with Crippen LogP contribution in [0.2, 0.25) is 0 Å². The van der Waals surface area contributed by atoms with E-state index in [9.17, 15) is 24.3 Å². The monoisotopic (exact) mass is 452 g/mol. The average Bonchev–Trinajstić information content (AvgIpc) is 3.32. The molecule has 0 bridgehead atoms. The highest BCUT2D eigenvalue weighted by atomic mass is 16.6. The Morgan fingerprint density at radius 3 is 2.33 bits per heavy atom. The number of carbonyl (C=O) groups excluding carboxylic acids is 3. The number of nitrogens with one attached hydrogen (secondary N) is 1. The van der Waals surface area contributed by atoms with Crippen LogP contribution in [-0.4, -0.2) is 58.5 Å². The number of ether oxygens (including phenoxy) is 1. The van der Waals surface area contributed by atoms with E-state index in [-0.39, 0.29) is 5.56 Å². The van der Waals surface area contributed by atoms with Gasteiger partial charge in [-0.2, -0.15) is 0 Å². The maximum atomic E-state index is 12.9. The quantitative estimate of drug-likeness (QED) is 0.444. The highest BCUT2D eigenvalue weighted by Crippen LogP contribution is 2.19. The van der Waals surface area contributed by atoms with Gasteiger partial charge < -0.3 is 14.7 Å². The van der Waals surface area contributed by atoms with Crippen LogP contribution in [0, 0.1) is 0 Å². The molecule has 1 fully saturated rings. The van der Waals surface area contributed by atoms with Crippen molar-refractivity contribution in [1.82, 2.24) is 10.2 Å². The van der Waals surface area contributed by atoms with Crippen LogP contribution >= 0.6 is 0 Å². The zero-order chi connectivity index (χ0) is 23.8. The summed E-state index contributed by atoms with van der Waals surface area (Å²) in [6.45, 7) is 1.94. The number of likely N-dealkylation sites (tertiary alicyclic amines) is 1. The van der Waals surface area contributed by atoms with Crippen LogP contribution in [0.25, 0.3) is 0 Å². The van der Waals surface area contributed by atoms with Gasteiger partial charge in [-0.25, -0.2) is 14.4 Å². The van der Waals surface area contributed by atoms with Crippen LogP contribution in [0.3, 0.4) is 0 Å². The number of hydrogen-bond acceptors (Lipinski definition) is 6. The number of carboxylic acids is 1. The molecule has 3 atom stereocenters. The van der Waals surface area contributed by atoms with Crippen LogP contribution < -0.4 is 5.32 Å². The molecule has 2 N–H and O–H groups in total. The third kappa shape index (κ3) is 6.49. The maximum Gasteiger partial charge on any atom is 0.345 e. The minimum absolute atomic E-state index is 0.248. The summed E-state index contributed by atoms with van der Waals surface area (Å²) < 4.78 is 5.09. The summed E-state index contributed by atoms with van der Waals surface area (Å²) in [4.78, 5) is 50.9. The molecule has 1 aliphatic heterocycles. The third-order valence-electron chi connectivity index (χ3n) is 5.69. The lowest BCUT2D eigenvalue weighted by atomic mass is 10.0. The fourth-order valence-electron chi connectivity index (χ4n) is 3.93. The lowest BCUT2D eigenvalue weighted by Crippen LogP contribution is -2.53. The van der Waals surface area contributed by atoms with Gasteiger partial charge in [-0.05, 0) is 50.3 Å². The Hall–Kier alpha value is -3.52. The van der Waals surface area contributed by atoms with E-state index in [4.69, 9.17) is 4.74 Å². The van der Waals surface area contributed by atoms with Crippen molar-refractivity contribution in [1.29, 1.82) is 0 Å². The predicted octanol–water partition coefficient (Wildman–Crippen LogP) is 2.43. The molecule has 2 aromatic rings. The first-order chi connectivity index (χ1) is 15.9. The number of carbonyl (C=O) groups is 4. The second-order valence-corrected chi connectivity index (χ2v) is 8.07. The molecule has 0 spiro atoms. The molecule has 0 radical (unpaired) electrons. The molecule has 8 nitrogen and oxygen atoms in total. The SMILES string of the molecule is C[C@H](NC(CCc1ccccc1)C(=O)OC(=O)c1ccccc1)C(=O)N1CCC[C@H]1C(=O)O. The highest BCUT2D eigenvalue weighted by molar-refractivity contribution is 5.98. The summed E-state index contributed by atoms with van der Waals surface area (Å²) >= 11 is 0. The standard InChI is InChI=1S/C25H28N2O6/c1-17(22(28)27-16-8-13-21(27)23(29)30)26-20(15-14-18-9-4-2-5-10-18)25(32)33-24(31)19-11-6-3-7-12-19/h2-7,9-12,17,20-21,26H,8,13-16H2,1H3,(H,29,30)/t17-,20?,21-/m0/s1. The first-order valence-corrected chi connectivity index (χ1v) is 11.0. The van der Waals surface area contributed by atoms with Crippen molar-refractivity contribution in [3.8, 4) is 0 Å². The minimum Gasteiger partial charge on any atom is -0.480 e. The Morgan fingerprint density at radius 1 is 1.06 bits per heavy atom. The second kappa shape index (κ2) is 11.4. The molecule has 1 unspecified atom stereocenters. The summed E-state index contributed by atoms with van der Waals surface area (Å²) in [7, 11) is 0. The predicted molar refractivity (Wildman–Crippen MR) is 120 cm³/mol. The van der Waals surface area contributed by atoms with E-state index in [0.717, 1.165) is 5.56 Å². The van der Waals surface area contributed by atoms with Crippen LogP contribution in [0.1, 0.15) is 42.1 Å². The van der Waals surface area contributed by atoms with Gasteiger partial charge in [0.25, 0.3) is 0 Å². The van der Waals surface area contributed by atoms with E-state index in [1.54, 1.807) is 37.3 Å². The van der Waals surface area contributed by atoms with E-state index < -0.39 is 41.9 Å². The number of esters is 2. The molecule has 1 aliphatic rings. The fraction of sp³-hybridized carbons (Fsp3) is 0.360. The Morgan fingerprint density at radius 2 is 1.70 bits per heavy atom. The minimum atomic E-state index is -1.04. The van der Waals surface area contributed by atoms with E-state index >= 15 is 0 Å². The molecule has 1 amide bonds. The van der Waals surface area contributed by atoms with Crippen molar-refractivity contribution in [2.45, 2.75) is 50.7 Å². The number of amides is 1. The Balaban J connectivity index is 1.70. The number of aliphatic carboxylic acids is 1. The van der Waals surface area contributed by atoms with Crippen molar-refractivity contribution in [3.63, 3.8) is 0 Å². The van der Waals surface area contributed by atoms with Crippen molar-refractivity contribution in [2.75, 3.05) is 6.54 Å². The molecule has 3 rings (SSSR count). The Labute approximate surface area is 192 Å². The molecular formula is C25H28N2O6. The number of hydrogen-bond donors (Lipinski definition) is 2. The number of carboxylic acid groups (broad SMARTS) is 1. The van der Waals surface area contributed by atoms with Crippen LogP contribution in [0.15, 0.2) is 60.7 Å². The smallest absolute Gasteiger partial charge is 0.345 e. The topological polar surface area (TPSA) is 113 Å². The van der Waals surface area contributed by atoms with Gasteiger partial charge in [0.05, 0.1) is 11.6 Å². The molecule has 0 aromatic heterocycles. The zero-order valence-corrected chi connectivity index (χ0v) is 18.5. The van der Waals surface area contributed by atoms with Gasteiger partial charge in [-0.1, -0.05) is 48.5 Å². The second-order valence-electron chi connectivity index (χ2n) is 8.07. The lowest BCUT2D eigenvalue weighted by molar-refractivity contribution is -0.149. The molecule has 174 valence electrons. The number of rotatable bonds is 9. The number of benzene rings is 2. The maximum absolute atomic E-state index is 12.9. The molecule has 2 aromatic carbocycles. The van der Waals surface area contributed by atoms with Crippen LogP contribution in [0.5, 0.6) is 0 Å². The fourth-order valence-corrected chi connectivity index (χ4v) is 3.93. The summed E-state index contributed by atoms with van der Waals surface area (Å²) in [6, 6.07) is 15.1. The molecule has 8 heteroatoms. The summed E-state index contributed by atoms with van der Waals surface area (Å²) in [6.07, 6.45) is 1.83. The lowest BCUT2D eigenvalue weighted by Gasteiger charge is -2.27. The molecule has 1 saturated heterocycles. The van der Waals surface area contributed by atoms with Gasteiger partial charge in [0, 0.05) is 6.54 Å². The molecular weight excluding hydrogens is 424 g/mol. The molecule has 33 heavy (non-hydrogen) atoms. The normalized spacial score (nSPS) is 17.2. The largest absolute Gasteiger partial charge is 0.480 e. The van der Waals surface area contributed by atoms with Crippen molar-refractivity contribution in [3.05, 3.63) is 71.8 Å². The third-order valence-corrected chi connectivity index (χ3v) is 5.69. The molecule has 1 heterocycles. The summed E-state index contributed by atoms with van der Waals surface area (Å²) in [5.74, 6) is -2.99. The highest BCUT2D eigenvalue weighted by Gasteiger charge is 2.37. The zero-order valence-electron chi connectivity index (χ0n) is 18.5. The summed E-state index contributed by atoms with van der Waals surface area (Å²) in [5.41, 5.74) is 1.24. The van der Waals surface area contributed by atoms with E-state index in [1.807, 2.05) is 30.3 Å². The Bertz CT molecular complexity index is 979. The van der Waals surface area contributed by atoms with Crippen molar-refractivity contribution < 1.29 is 29.0 Å².